The molecule has 1 atom stereocenters. The van der Waals surface area contributed by atoms with E-state index in [1.807, 2.05) is 0 Å². The van der Waals surface area contributed by atoms with Crippen LogP contribution in [-0.2, 0) is 9.53 Å². The number of esters is 1. The molecule has 0 heterocycles. The summed E-state index contributed by atoms with van der Waals surface area (Å²) in [6.45, 7) is 7.01. The molecule has 0 aliphatic carbocycles. The molecular weight excluding hydrogens is 199 g/mol. The number of alkyl halides is 2. The maximum Gasteiger partial charge on any atom is 0.335 e. The van der Waals surface area contributed by atoms with E-state index >= 15 is 0 Å². The van der Waals surface area contributed by atoms with Gasteiger partial charge in [-0.25, -0.2) is 4.79 Å². The van der Waals surface area contributed by atoms with Gasteiger partial charge < -0.3 is 4.74 Å². The number of carbonyl (C=O) groups excluding carboxylic acids is 1. The summed E-state index contributed by atoms with van der Waals surface area (Å²) in [7, 11) is 0. The van der Waals surface area contributed by atoms with Gasteiger partial charge in [0.05, 0.1) is 11.5 Å². The Hall–Kier alpha value is -0.210. The van der Waals surface area contributed by atoms with E-state index < -0.39 is 11.3 Å². The molecule has 0 saturated carbocycles. The number of halogens is 2. The van der Waals surface area contributed by atoms with Crippen LogP contribution in [-0.4, -0.2) is 23.3 Å². The van der Waals surface area contributed by atoms with E-state index in [1.54, 1.807) is 13.8 Å². The second-order valence-corrected chi connectivity index (χ2v) is 3.44. The zero-order chi connectivity index (χ0) is 9.72. The van der Waals surface area contributed by atoms with Gasteiger partial charge in [-0.15, -0.1) is 23.2 Å². The number of ether oxygens (including phenoxy) is 1. The molecule has 0 saturated heterocycles. The third-order valence-electron chi connectivity index (χ3n) is 1.12. The molecule has 0 aromatic rings. The molecule has 0 aliphatic rings. The molecule has 1 unspecified atom stereocenters. The van der Waals surface area contributed by atoms with E-state index in [2.05, 4.69) is 6.58 Å². The van der Waals surface area contributed by atoms with Crippen LogP contribution in [0.4, 0.5) is 0 Å². The molecule has 0 spiro atoms. The Morgan fingerprint density at radius 1 is 1.58 bits per heavy atom. The van der Waals surface area contributed by atoms with E-state index in [0.29, 0.717) is 0 Å². The first-order valence-electron chi connectivity index (χ1n) is 3.58. The lowest BCUT2D eigenvalue weighted by Crippen LogP contribution is -2.19. The van der Waals surface area contributed by atoms with Gasteiger partial charge in [-0.05, 0) is 13.8 Å². The molecule has 2 nitrogen and oxygen atoms in total. The first-order chi connectivity index (χ1) is 5.49. The highest BCUT2D eigenvalue weighted by molar-refractivity contribution is 6.31. The Morgan fingerprint density at radius 3 is 2.42 bits per heavy atom. The van der Waals surface area contributed by atoms with Crippen LogP contribution in [0.25, 0.3) is 0 Å². The van der Waals surface area contributed by atoms with Gasteiger partial charge in [0, 0.05) is 11.5 Å². The monoisotopic (exact) mass is 210 g/mol. The summed E-state index contributed by atoms with van der Waals surface area (Å²) < 4.78 is 4.85. The van der Waals surface area contributed by atoms with E-state index in [0.717, 1.165) is 0 Å². The Balaban J connectivity index is 4.02. The van der Waals surface area contributed by atoms with Crippen molar-refractivity contribution in [3.8, 4) is 0 Å². The summed E-state index contributed by atoms with van der Waals surface area (Å²) in [6.07, 6.45) is -0.159. The molecule has 0 rings (SSSR count). The van der Waals surface area contributed by atoms with Crippen molar-refractivity contribution in [2.75, 3.05) is 5.88 Å². The second-order valence-electron chi connectivity index (χ2n) is 2.60. The number of hydrogen-bond donors (Lipinski definition) is 0. The number of hydrogen-bond acceptors (Lipinski definition) is 2. The number of carbonyl (C=O) groups is 1. The van der Waals surface area contributed by atoms with Crippen LogP contribution in [0.15, 0.2) is 12.2 Å². The van der Waals surface area contributed by atoms with Crippen molar-refractivity contribution in [3.63, 3.8) is 0 Å². The second kappa shape index (κ2) is 5.44. The smallest absolute Gasteiger partial charge is 0.335 e. The third-order valence-corrected chi connectivity index (χ3v) is 2.00. The topological polar surface area (TPSA) is 26.3 Å². The fourth-order valence-electron chi connectivity index (χ4n) is 0.511. The van der Waals surface area contributed by atoms with Gasteiger partial charge in [0.15, 0.2) is 0 Å². The molecule has 0 aliphatic heterocycles. The van der Waals surface area contributed by atoms with Crippen molar-refractivity contribution in [3.05, 3.63) is 12.2 Å². The fourth-order valence-corrected chi connectivity index (χ4v) is 0.786. The summed E-state index contributed by atoms with van der Waals surface area (Å²) >= 11 is 11.1. The highest BCUT2D eigenvalue weighted by Crippen LogP contribution is 2.12. The van der Waals surface area contributed by atoms with Crippen LogP contribution in [0.3, 0.4) is 0 Å². The molecule has 0 N–H and O–H groups in total. The standard InChI is InChI=1S/C8H12Cl2O2/c1-5(2)12-8(11)6(3)7(10)4-9/h5,7H,3-4H2,1-2H3. The lowest BCUT2D eigenvalue weighted by atomic mass is 10.2. The van der Waals surface area contributed by atoms with Crippen LogP contribution in [0.1, 0.15) is 13.8 Å². The average Bonchev–Trinajstić information content (AvgIpc) is 2.00. The van der Waals surface area contributed by atoms with Crippen molar-refractivity contribution in [1.29, 1.82) is 0 Å². The molecule has 0 fully saturated rings. The van der Waals surface area contributed by atoms with Crippen molar-refractivity contribution < 1.29 is 9.53 Å². The quantitative estimate of drug-likeness (QED) is 0.405. The highest BCUT2D eigenvalue weighted by Gasteiger charge is 2.17. The van der Waals surface area contributed by atoms with E-state index in [1.165, 1.54) is 0 Å². The minimum absolute atomic E-state index is 0.159. The van der Waals surface area contributed by atoms with Gasteiger partial charge in [-0.3, -0.25) is 0 Å². The summed E-state index contributed by atoms with van der Waals surface area (Å²) in [6, 6.07) is 0. The van der Waals surface area contributed by atoms with E-state index in [4.69, 9.17) is 27.9 Å². The normalized spacial score (nSPS) is 12.8. The van der Waals surface area contributed by atoms with Gasteiger partial charge in [-0.1, -0.05) is 6.58 Å². The van der Waals surface area contributed by atoms with Crippen molar-refractivity contribution in [1.82, 2.24) is 0 Å². The Labute approximate surface area is 82.5 Å². The Bertz CT molecular complexity index is 178. The van der Waals surface area contributed by atoms with Gasteiger partial charge >= 0.3 is 5.97 Å². The van der Waals surface area contributed by atoms with Gasteiger partial charge in [0.25, 0.3) is 0 Å². The van der Waals surface area contributed by atoms with Crippen LogP contribution < -0.4 is 0 Å². The molecule has 0 radical (unpaired) electrons. The summed E-state index contributed by atoms with van der Waals surface area (Å²) in [5, 5.41) is -0.544. The lowest BCUT2D eigenvalue weighted by Gasteiger charge is -2.11. The lowest BCUT2D eigenvalue weighted by molar-refractivity contribution is -0.142. The van der Waals surface area contributed by atoms with Crippen molar-refractivity contribution in [2.24, 2.45) is 0 Å². The molecule has 0 aromatic heterocycles. The predicted molar refractivity (Wildman–Crippen MR) is 50.7 cm³/mol. The zero-order valence-electron chi connectivity index (χ0n) is 7.14. The van der Waals surface area contributed by atoms with Crippen molar-refractivity contribution >= 4 is 29.2 Å². The van der Waals surface area contributed by atoms with Crippen LogP contribution in [0, 0.1) is 0 Å². The summed E-state index contributed by atoms with van der Waals surface area (Å²) in [5.41, 5.74) is 0.209. The largest absolute Gasteiger partial charge is 0.460 e. The van der Waals surface area contributed by atoms with Crippen LogP contribution in [0.2, 0.25) is 0 Å². The van der Waals surface area contributed by atoms with Crippen LogP contribution >= 0.6 is 23.2 Å². The Morgan fingerprint density at radius 2 is 2.08 bits per heavy atom. The minimum atomic E-state index is -0.544. The summed E-state index contributed by atoms with van der Waals surface area (Å²) in [4.78, 5) is 11.1. The van der Waals surface area contributed by atoms with Crippen LogP contribution in [0.5, 0.6) is 0 Å². The molecule has 0 bridgehead atoms. The molecule has 70 valence electrons. The Kier molecular flexibility index (Phi) is 5.34. The first-order valence-corrected chi connectivity index (χ1v) is 4.56. The maximum atomic E-state index is 11.1. The zero-order valence-corrected chi connectivity index (χ0v) is 8.65. The molecule has 0 amide bonds. The minimum Gasteiger partial charge on any atom is -0.460 e. The maximum absolute atomic E-state index is 11.1. The SMILES string of the molecule is C=C(C(=O)OC(C)C)C(Cl)CCl. The van der Waals surface area contributed by atoms with Crippen molar-refractivity contribution in [2.45, 2.75) is 25.3 Å². The predicted octanol–water partition coefficient (Wildman–Crippen LogP) is 2.34. The molecule has 12 heavy (non-hydrogen) atoms. The molecule has 0 aromatic carbocycles. The highest BCUT2D eigenvalue weighted by atomic mass is 35.5. The summed E-state index contributed by atoms with van der Waals surface area (Å²) in [5.74, 6) is -0.321. The average molecular weight is 211 g/mol. The van der Waals surface area contributed by atoms with E-state index in [9.17, 15) is 4.79 Å². The van der Waals surface area contributed by atoms with E-state index in [-0.39, 0.29) is 17.6 Å². The first kappa shape index (κ1) is 11.8. The van der Waals surface area contributed by atoms with Gasteiger partial charge in [0.2, 0.25) is 0 Å². The number of rotatable bonds is 4. The van der Waals surface area contributed by atoms with Gasteiger partial charge in [-0.2, -0.15) is 0 Å². The molecule has 4 heteroatoms. The molecular formula is C8H12Cl2O2. The third kappa shape index (κ3) is 3.98. The fraction of sp³-hybridized carbons (Fsp3) is 0.625. The van der Waals surface area contributed by atoms with Gasteiger partial charge in [0.1, 0.15) is 0 Å².